The SMILES string of the molecule is C=CCc1cc(CC)cc(OC)c1O. The second kappa shape index (κ2) is 4.70. The molecule has 1 aromatic rings. The summed E-state index contributed by atoms with van der Waals surface area (Å²) in [5.74, 6) is 0.769. The molecule has 76 valence electrons. The first-order valence-electron chi connectivity index (χ1n) is 4.72. The molecule has 0 amide bonds. The van der Waals surface area contributed by atoms with E-state index in [1.54, 1.807) is 13.2 Å². The van der Waals surface area contributed by atoms with Gasteiger partial charge in [-0.25, -0.2) is 0 Å². The predicted octanol–water partition coefficient (Wildman–Crippen LogP) is 2.69. The van der Waals surface area contributed by atoms with Crippen LogP contribution in [0, 0.1) is 0 Å². The average Bonchev–Trinajstić information content (AvgIpc) is 2.21. The molecule has 0 aliphatic rings. The minimum absolute atomic E-state index is 0.226. The summed E-state index contributed by atoms with van der Waals surface area (Å²) in [6.45, 7) is 5.73. The first-order valence-corrected chi connectivity index (χ1v) is 4.72. The van der Waals surface area contributed by atoms with E-state index in [-0.39, 0.29) is 5.75 Å². The number of phenols is 1. The van der Waals surface area contributed by atoms with Crippen molar-refractivity contribution in [3.8, 4) is 11.5 Å². The Morgan fingerprint density at radius 2 is 2.21 bits per heavy atom. The summed E-state index contributed by atoms with van der Waals surface area (Å²) >= 11 is 0. The molecule has 0 atom stereocenters. The fourth-order valence-corrected chi connectivity index (χ4v) is 1.40. The summed E-state index contributed by atoms with van der Waals surface area (Å²) in [6.07, 6.45) is 3.37. The van der Waals surface area contributed by atoms with Crippen LogP contribution in [-0.2, 0) is 12.8 Å². The lowest BCUT2D eigenvalue weighted by Gasteiger charge is -2.10. The van der Waals surface area contributed by atoms with E-state index in [4.69, 9.17) is 4.74 Å². The van der Waals surface area contributed by atoms with Crippen molar-refractivity contribution < 1.29 is 9.84 Å². The molecule has 2 nitrogen and oxygen atoms in total. The van der Waals surface area contributed by atoms with Gasteiger partial charge in [-0.1, -0.05) is 19.1 Å². The van der Waals surface area contributed by atoms with Gasteiger partial charge in [-0.3, -0.25) is 0 Å². The largest absolute Gasteiger partial charge is 0.504 e. The number of benzene rings is 1. The highest BCUT2D eigenvalue weighted by atomic mass is 16.5. The molecule has 0 aliphatic carbocycles. The van der Waals surface area contributed by atoms with Crippen molar-refractivity contribution in [3.05, 3.63) is 35.9 Å². The zero-order valence-corrected chi connectivity index (χ0v) is 8.71. The monoisotopic (exact) mass is 192 g/mol. The van der Waals surface area contributed by atoms with Gasteiger partial charge in [0.1, 0.15) is 0 Å². The molecule has 0 bridgehead atoms. The first-order chi connectivity index (χ1) is 6.72. The third kappa shape index (κ3) is 2.08. The number of aromatic hydroxyl groups is 1. The zero-order chi connectivity index (χ0) is 10.6. The van der Waals surface area contributed by atoms with Crippen molar-refractivity contribution in [2.24, 2.45) is 0 Å². The smallest absolute Gasteiger partial charge is 0.161 e. The number of rotatable bonds is 4. The third-order valence-electron chi connectivity index (χ3n) is 2.21. The molecule has 0 aromatic heterocycles. The molecule has 0 saturated carbocycles. The standard InChI is InChI=1S/C12H16O2/c1-4-6-10-7-9(5-2)8-11(14-3)12(10)13/h4,7-8,13H,1,5-6H2,2-3H3. The maximum atomic E-state index is 9.77. The molecule has 0 spiro atoms. The minimum atomic E-state index is 0.226. The molecule has 2 heteroatoms. The Labute approximate surface area is 84.8 Å². The molecule has 0 fully saturated rings. The second-order valence-electron chi connectivity index (χ2n) is 3.15. The van der Waals surface area contributed by atoms with Crippen LogP contribution < -0.4 is 4.74 Å². The normalized spacial score (nSPS) is 9.86. The number of phenolic OH excluding ortho intramolecular Hbond substituents is 1. The van der Waals surface area contributed by atoms with E-state index in [1.807, 2.05) is 12.1 Å². The van der Waals surface area contributed by atoms with Crippen LogP contribution in [0.2, 0.25) is 0 Å². The van der Waals surface area contributed by atoms with Gasteiger partial charge in [-0.15, -0.1) is 6.58 Å². The second-order valence-corrected chi connectivity index (χ2v) is 3.15. The topological polar surface area (TPSA) is 29.5 Å². The Hall–Kier alpha value is -1.44. The van der Waals surface area contributed by atoms with Gasteiger partial charge in [0.15, 0.2) is 11.5 Å². The highest BCUT2D eigenvalue weighted by Crippen LogP contribution is 2.32. The highest BCUT2D eigenvalue weighted by Gasteiger charge is 2.08. The Bertz CT molecular complexity index is 329. The van der Waals surface area contributed by atoms with Gasteiger partial charge in [-0.2, -0.15) is 0 Å². The number of methoxy groups -OCH3 is 1. The van der Waals surface area contributed by atoms with Crippen LogP contribution in [0.1, 0.15) is 18.1 Å². The van der Waals surface area contributed by atoms with E-state index < -0.39 is 0 Å². The third-order valence-corrected chi connectivity index (χ3v) is 2.21. The molecule has 0 unspecified atom stereocenters. The van der Waals surface area contributed by atoms with Gasteiger partial charge < -0.3 is 9.84 Å². The van der Waals surface area contributed by atoms with E-state index in [9.17, 15) is 5.11 Å². The quantitative estimate of drug-likeness (QED) is 0.743. The molecule has 1 rings (SSSR count). The number of ether oxygens (including phenoxy) is 1. The van der Waals surface area contributed by atoms with Crippen molar-refractivity contribution in [2.45, 2.75) is 19.8 Å². The van der Waals surface area contributed by atoms with Gasteiger partial charge in [0.2, 0.25) is 0 Å². The van der Waals surface area contributed by atoms with Crippen LogP contribution in [0.25, 0.3) is 0 Å². The average molecular weight is 192 g/mol. The Morgan fingerprint density at radius 3 is 2.71 bits per heavy atom. The Balaban J connectivity index is 3.19. The van der Waals surface area contributed by atoms with Crippen molar-refractivity contribution in [1.82, 2.24) is 0 Å². The maximum Gasteiger partial charge on any atom is 0.161 e. The number of aryl methyl sites for hydroxylation is 1. The summed E-state index contributed by atoms with van der Waals surface area (Å²) in [5, 5.41) is 9.77. The van der Waals surface area contributed by atoms with Crippen LogP contribution in [0.15, 0.2) is 24.8 Å². The van der Waals surface area contributed by atoms with Crippen LogP contribution in [0.4, 0.5) is 0 Å². The fraction of sp³-hybridized carbons (Fsp3) is 0.333. The number of hydrogen-bond donors (Lipinski definition) is 1. The van der Waals surface area contributed by atoms with Crippen LogP contribution in [-0.4, -0.2) is 12.2 Å². The summed E-state index contributed by atoms with van der Waals surface area (Å²) in [4.78, 5) is 0. The van der Waals surface area contributed by atoms with Crippen LogP contribution in [0.5, 0.6) is 11.5 Å². The van der Waals surface area contributed by atoms with Gasteiger partial charge in [0, 0.05) is 5.56 Å². The van der Waals surface area contributed by atoms with Gasteiger partial charge in [0.05, 0.1) is 7.11 Å². The molecular weight excluding hydrogens is 176 g/mol. The molecule has 14 heavy (non-hydrogen) atoms. The van der Waals surface area contributed by atoms with E-state index in [0.717, 1.165) is 17.5 Å². The lowest BCUT2D eigenvalue weighted by molar-refractivity contribution is 0.370. The van der Waals surface area contributed by atoms with Gasteiger partial charge in [0.25, 0.3) is 0 Å². The van der Waals surface area contributed by atoms with Crippen molar-refractivity contribution in [1.29, 1.82) is 0 Å². The van der Waals surface area contributed by atoms with Crippen molar-refractivity contribution in [3.63, 3.8) is 0 Å². The van der Waals surface area contributed by atoms with E-state index >= 15 is 0 Å². The highest BCUT2D eigenvalue weighted by molar-refractivity contribution is 5.49. The summed E-state index contributed by atoms with van der Waals surface area (Å²) < 4.78 is 5.09. The van der Waals surface area contributed by atoms with Crippen molar-refractivity contribution in [2.75, 3.05) is 7.11 Å². The molecule has 0 radical (unpaired) electrons. The van der Waals surface area contributed by atoms with Crippen LogP contribution >= 0.6 is 0 Å². The van der Waals surface area contributed by atoms with E-state index in [0.29, 0.717) is 12.2 Å². The van der Waals surface area contributed by atoms with Crippen molar-refractivity contribution >= 4 is 0 Å². The maximum absolute atomic E-state index is 9.77. The molecule has 1 N–H and O–H groups in total. The predicted molar refractivity (Wildman–Crippen MR) is 57.9 cm³/mol. The van der Waals surface area contributed by atoms with E-state index in [2.05, 4.69) is 13.5 Å². The summed E-state index contributed by atoms with van der Waals surface area (Å²) in [6, 6.07) is 3.85. The van der Waals surface area contributed by atoms with Gasteiger partial charge >= 0.3 is 0 Å². The summed E-state index contributed by atoms with van der Waals surface area (Å²) in [5.41, 5.74) is 2.03. The lowest BCUT2D eigenvalue weighted by atomic mass is 10.0. The number of hydrogen-bond acceptors (Lipinski definition) is 2. The Kier molecular flexibility index (Phi) is 3.57. The zero-order valence-electron chi connectivity index (χ0n) is 8.71. The van der Waals surface area contributed by atoms with Gasteiger partial charge in [-0.05, 0) is 24.5 Å². The molecule has 0 heterocycles. The minimum Gasteiger partial charge on any atom is -0.504 e. The molecule has 0 aliphatic heterocycles. The molecular formula is C12H16O2. The van der Waals surface area contributed by atoms with E-state index in [1.165, 1.54) is 0 Å². The van der Waals surface area contributed by atoms with Crippen LogP contribution in [0.3, 0.4) is 0 Å². The number of allylic oxidation sites excluding steroid dienone is 1. The Morgan fingerprint density at radius 1 is 1.50 bits per heavy atom. The summed E-state index contributed by atoms with van der Waals surface area (Å²) in [7, 11) is 1.56. The molecule has 1 aromatic carbocycles. The molecule has 0 saturated heterocycles. The first kappa shape index (κ1) is 10.6. The lowest BCUT2D eigenvalue weighted by Crippen LogP contribution is -1.92. The fourth-order valence-electron chi connectivity index (χ4n) is 1.40.